The van der Waals surface area contributed by atoms with Crippen LogP contribution >= 0.6 is 11.6 Å². The van der Waals surface area contributed by atoms with Gasteiger partial charge in [0.05, 0.1) is 17.3 Å². The van der Waals surface area contributed by atoms with Crippen LogP contribution in [0.2, 0.25) is 5.02 Å². The molecule has 1 aliphatic heterocycles. The van der Waals surface area contributed by atoms with Crippen LogP contribution in [0.25, 0.3) is 0 Å². The number of anilines is 1. The van der Waals surface area contributed by atoms with Gasteiger partial charge in [0, 0.05) is 12.5 Å². The molecule has 1 fully saturated rings. The second-order valence-corrected chi connectivity index (χ2v) is 7.33. The average molecular weight is 404 g/mol. The summed E-state index contributed by atoms with van der Waals surface area (Å²) >= 11 is 5.93. The lowest BCUT2D eigenvalue weighted by Gasteiger charge is -2.30. The number of carbonyl (C=O) groups is 2. The lowest BCUT2D eigenvalue weighted by molar-refractivity contribution is -0.126. The first-order valence-corrected chi connectivity index (χ1v) is 9.68. The zero-order valence-electron chi connectivity index (χ0n) is 15.5. The number of likely N-dealkylation sites (tertiary alicyclic amines) is 1. The van der Waals surface area contributed by atoms with E-state index in [-0.39, 0.29) is 29.3 Å². The normalized spacial score (nSPS) is 15.2. The van der Waals surface area contributed by atoms with Crippen molar-refractivity contribution < 1.29 is 14.0 Å². The van der Waals surface area contributed by atoms with E-state index in [0.717, 1.165) is 11.6 Å². The standard InChI is InChI=1S/C21H23ClFN3O2/c22-18-12-17(23)6-7-19(18)25-20(27)14-26-10-8-16(9-11-26)21(28)24-13-15-4-2-1-3-5-15/h1-7,12,16H,8-11,13-14H2,(H,24,28)(H,25,27). The summed E-state index contributed by atoms with van der Waals surface area (Å²) in [7, 11) is 0. The fraction of sp³-hybridized carbons (Fsp3) is 0.333. The zero-order valence-corrected chi connectivity index (χ0v) is 16.2. The van der Waals surface area contributed by atoms with Crippen molar-refractivity contribution in [3.8, 4) is 0 Å². The van der Waals surface area contributed by atoms with Crippen molar-refractivity contribution in [2.24, 2.45) is 5.92 Å². The molecule has 2 aromatic rings. The fourth-order valence-corrected chi connectivity index (χ4v) is 3.48. The van der Waals surface area contributed by atoms with Gasteiger partial charge in [-0.15, -0.1) is 0 Å². The van der Waals surface area contributed by atoms with Gasteiger partial charge in [-0.1, -0.05) is 41.9 Å². The summed E-state index contributed by atoms with van der Waals surface area (Å²) in [4.78, 5) is 26.6. The maximum Gasteiger partial charge on any atom is 0.238 e. The summed E-state index contributed by atoms with van der Waals surface area (Å²) in [5, 5.41) is 5.85. The maximum atomic E-state index is 13.1. The predicted octanol–water partition coefficient (Wildman–Crippen LogP) is 3.45. The molecule has 0 saturated carbocycles. The van der Waals surface area contributed by atoms with Crippen molar-refractivity contribution in [2.45, 2.75) is 19.4 Å². The van der Waals surface area contributed by atoms with Crippen LogP contribution in [0, 0.1) is 11.7 Å². The molecule has 1 saturated heterocycles. The third kappa shape index (κ3) is 5.78. The minimum Gasteiger partial charge on any atom is -0.352 e. The molecule has 2 amide bonds. The average Bonchev–Trinajstić information content (AvgIpc) is 2.69. The molecule has 3 rings (SSSR count). The number of piperidine rings is 1. The Morgan fingerprint density at radius 2 is 1.82 bits per heavy atom. The van der Waals surface area contributed by atoms with E-state index in [9.17, 15) is 14.0 Å². The largest absolute Gasteiger partial charge is 0.352 e. The summed E-state index contributed by atoms with van der Waals surface area (Å²) in [5.74, 6) is -0.628. The van der Waals surface area contributed by atoms with E-state index in [2.05, 4.69) is 10.6 Å². The lowest BCUT2D eigenvalue weighted by Crippen LogP contribution is -2.43. The molecule has 148 valence electrons. The van der Waals surface area contributed by atoms with Crippen LogP contribution in [-0.2, 0) is 16.1 Å². The van der Waals surface area contributed by atoms with Crippen LogP contribution in [0.5, 0.6) is 0 Å². The van der Waals surface area contributed by atoms with Gasteiger partial charge >= 0.3 is 0 Å². The number of hydrogen-bond acceptors (Lipinski definition) is 3. The highest BCUT2D eigenvalue weighted by Crippen LogP contribution is 2.23. The van der Waals surface area contributed by atoms with E-state index >= 15 is 0 Å². The van der Waals surface area contributed by atoms with Crippen LogP contribution < -0.4 is 10.6 Å². The highest BCUT2D eigenvalue weighted by Gasteiger charge is 2.25. The van der Waals surface area contributed by atoms with Crippen LogP contribution in [0.1, 0.15) is 18.4 Å². The van der Waals surface area contributed by atoms with Gasteiger partial charge in [-0.25, -0.2) is 4.39 Å². The van der Waals surface area contributed by atoms with E-state index < -0.39 is 5.82 Å². The molecule has 0 atom stereocenters. The Balaban J connectivity index is 1.41. The number of nitrogens with one attached hydrogen (secondary N) is 2. The number of hydrogen-bond donors (Lipinski definition) is 2. The molecule has 7 heteroatoms. The number of rotatable bonds is 6. The molecule has 1 aliphatic rings. The quantitative estimate of drug-likeness (QED) is 0.776. The van der Waals surface area contributed by atoms with Gasteiger partial charge in [0.2, 0.25) is 11.8 Å². The first-order valence-electron chi connectivity index (χ1n) is 9.30. The Hall–Kier alpha value is -2.44. The number of halogens is 2. The van der Waals surface area contributed by atoms with E-state index in [1.165, 1.54) is 12.1 Å². The molecule has 0 radical (unpaired) electrons. The Morgan fingerprint density at radius 3 is 2.50 bits per heavy atom. The molecule has 0 spiro atoms. The second kappa shape index (κ2) is 9.66. The van der Waals surface area contributed by atoms with Gasteiger partial charge in [0.1, 0.15) is 5.82 Å². The van der Waals surface area contributed by atoms with Crippen LogP contribution in [0.3, 0.4) is 0 Å². The maximum absolute atomic E-state index is 13.1. The molecule has 0 aliphatic carbocycles. The first kappa shape index (κ1) is 20.3. The van der Waals surface area contributed by atoms with Gasteiger partial charge < -0.3 is 10.6 Å². The van der Waals surface area contributed by atoms with Crippen molar-refractivity contribution in [3.05, 3.63) is 64.9 Å². The van der Waals surface area contributed by atoms with Gasteiger partial charge in [-0.3, -0.25) is 14.5 Å². The summed E-state index contributed by atoms with van der Waals surface area (Å²) in [6, 6.07) is 13.7. The van der Waals surface area contributed by atoms with Crippen molar-refractivity contribution in [1.29, 1.82) is 0 Å². The molecule has 0 unspecified atom stereocenters. The summed E-state index contributed by atoms with van der Waals surface area (Å²) in [5.41, 5.74) is 1.47. The van der Waals surface area contributed by atoms with Crippen LogP contribution in [0.4, 0.5) is 10.1 Å². The van der Waals surface area contributed by atoms with E-state index in [0.29, 0.717) is 38.2 Å². The fourth-order valence-electron chi connectivity index (χ4n) is 3.27. The molecule has 2 N–H and O–H groups in total. The number of nitrogens with zero attached hydrogens (tertiary/aromatic N) is 1. The highest BCUT2D eigenvalue weighted by molar-refractivity contribution is 6.33. The SMILES string of the molecule is O=C(CN1CCC(C(=O)NCc2ccccc2)CC1)Nc1ccc(F)cc1Cl. The Labute approximate surface area is 168 Å². The van der Waals surface area contributed by atoms with Gasteiger partial charge in [-0.05, 0) is 49.7 Å². The molecular formula is C21H23ClFN3O2. The molecule has 1 heterocycles. The smallest absolute Gasteiger partial charge is 0.238 e. The van der Waals surface area contributed by atoms with Crippen LogP contribution in [0.15, 0.2) is 48.5 Å². The third-order valence-corrected chi connectivity index (χ3v) is 5.15. The first-order chi connectivity index (χ1) is 13.5. The number of benzene rings is 2. The topological polar surface area (TPSA) is 61.4 Å². The van der Waals surface area contributed by atoms with Gasteiger partial charge in [0.15, 0.2) is 0 Å². The van der Waals surface area contributed by atoms with Crippen molar-refractivity contribution in [3.63, 3.8) is 0 Å². The Kier molecular flexibility index (Phi) is 7.01. The van der Waals surface area contributed by atoms with Crippen molar-refractivity contribution in [1.82, 2.24) is 10.2 Å². The summed E-state index contributed by atoms with van der Waals surface area (Å²) < 4.78 is 13.1. The van der Waals surface area contributed by atoms with Crippen LogP contribution in [-0.4, -0.2) is 36.3 Å². The Bertz CT molecular complexity index is 824. The monoisotopic (exact) mass is 403 g/mol. The van der Waals surface area contributed by atoms with E-state index in [4.69, 9.17) is 11.6 Å². The van der Waals surface area contributed by atoms with E-state index in [1.807, 2.05) is 35.2 Å². The predicted molar refractivity (Wildman–Crippen MR) is 107 cm³/mol. The third-order valence-electron chi connectivity index (χ3n) is 4.84. The molecule has 0 bridgehead atoms. The van der Waals surface area contributed by atoms with Crippen molar-refractivity contribution >= 4 is 29.1 Å². The second-order valence-electron chi connectivity index (χ2n) is 6.93. The molecule has 2 aromatic carbocycles. The lowest BCUT2D eigenvalue weighted by atomic mass is 9.96. The minimum atomic E-state index is -0.449. The molecular weight excluding hydrogens is 381 g/mol. The summed E-state index contributed by atoms with van der Waals surface area (Å²) in [6.45, 7) is 2.09. The molecule has 0 aromatic heterocycles. The molecule has 28 heavy (non-hydrogen) atoms. The minimum absolute atomic E-state index is 0.0328. The summed E-state index contributed by atoms with van der Waals surface area (Å²) in [6.07, 6.45) is 1.43. The van der Waals surface area contributed by atoms with Gasteiger partial charge in [0.25, 0.3) is 0 Å². The van der Waals surface area contributed by atoms with Crippen molar-refractivity contribution in [2.75, 3.05) is 25.0 Å². The number of carbonyl (C=O) groups excluding carboxylic acids is 2. The Morgan fingerprint density at radius 1 is 1.11 bits per heavy atom. The van der Waals surface area contributed by atoms with Gasteiger partial charge in [-0.2, -0.15) is 0 Å². The number of amides is 2. The van der Waals surface area contributed by atoms with E-state index in [1.54, 1.807) is 0 Å². The highest BCUT2D eigenvalue weighted by atomic mass is 35.5. The zero-order chi connectivity index (χ0) is 19.9. The molecule has 5 nitrogen and oxygen atoms in total.